The van der Waals surface area contributed by atoms with Crippen LogP contribution in [0.5, 0.6) is 0 Å². The van der Waals surface area contributed by atoms with E-state index in [2.05, 4.69) is 34.9 Å². The largest absolute Gasteiger partial charge is 0.307 e. The fraction of sp³-hybridized carbons (Fsp3) is 0.462. The number of hydrogen-bond acceptors (Lipinski definition) is 3. The lowest BCUT2D eigenvalue weighted by Crippen LogP contribution is -2.24. The normalized spacial score (nSPS) is 12.8. The minimum absolute atomic E-state index is 0.496. The predicted molar refractivity (Wildman–Crippen MR) is 72.2 cm³/mol. The van der Waals surface area contributed by atoms with E-state index in [0.717, 1.165) is 13.1 Å². The van der Waals surface area contributed by atoms with Crippen molar-refractivity contribution in [2.75, 3.05) is 6.54 Å². The van der Waals surface area contributed by atoms with Gasteiger partial charge in [0.15, 0.2) is 0 Å². The average Bonchev–Trinajstić information content (AvgIpc) is 3.01. The maximum atomic E-state index is 4.20. The van der Waals surface area contributed by atoms with Crippen molar-refractivity contribution in [2.45, 2.75) is 32.4 Å². The summed E-state index contributed by atoms with van der Waals surface area (Å²) in [6, 6.07) is 6.79. The first-order valence-electron chi connectivity index (χ1n) is 6.14. The van der Waals surface area contributed by atoms with Gasteiger partial charge in [0.25, 0.3) is 0 Å². The Morgan fingerprint density at radius 2 is 2.41 bits per heavy atom. The molecule has 92 valence electrons. The Morgan fingerprint density at radius 1 is 1.47 bits per heavy atom. The van der Waals surface area contributed by atoms with Gasteiger partial charge in [0.05, 0.1) is 6.54 Å². The Bertz CT molecular complexity index is 394. The van der Waals surface area contributed by atoms with E-state index in [9.17, 15) is 0 Å². The Balaban J connectivity index is 1.82. The summed E-state index contributed by atoms with van der Waals surface area (Å²) in [5.41, 5.74) is 0. The lowest BCUT2D eigenvalue weighted by Gasteiger charge is -2.16. The van der Waals surface area contributed by atoms with Crippen molar-refractivity contribution in [1.82, 2.24) is 15.1 Å². The molecule has 17 heavy (non-hydrogen) atoms. The average molecular weight is 249 g/mol. The van der Waals surface area contributed by atoms with Crippen molar-refractivity contribution < 1.29 is 0 Å². The maximum Gasteiger partial charge on any atom is 0.0534 e. The van der Waals surface area contributed by atoms with E-state index in [0.29, 0.717) is 6.04 Å². The molecule has 0 aliphatic heterocycles. The smallest absolute Gasteiger partial charge is 0.0534 e. The number of rotatable bonds is 7. The quantitative estimate of drug-likeness (QED) is 0.817. The van der Waals surface area contributed by atoms with Crippen molar-refractivity contribution in [3.63, 3.8) is 0 Å². The van der Waals surface area contributed by atoms with Crippen molar-refractivity contribution in [3.8, 4) is 0 Å². The van der Waals surface area contributed by atoms with Gasteiger partial charge in [0, 0.05) is 29.9 Å². The van der Waals surface area contributed by atoms with Crippen LogP contribution in [0.3, 0.4) is 0 Å². The van der Waals surface area contributed by atoms with Gasteiger partial charge in [-0.2, -0.15) is 5.10 Å². The third-order valence-electron chi connectivity index (χ3n) is 2.75. The van der Waals surface area contributed by atoms with E-state index in [-0.39, 0.29) is 0 Å². The number of nitrogens with zero attached hydrogens (tertiary/aromatic N) is 2. The van der Waals surface area contributed by atoms with E-state index in [1.807, 2.05) is 34.5 Å². The summed E-state index contributed by atoms with van der Waals surface area (Å²) in [5, 5.41) is 9.96. The van der Waals surface area contributed by atoms with E-state index in [4.69, 9.17) is 0 Å². The molecule has 2 heterocycles. The summed E-state index contributed by atoms with van der Waals surface area (Å²) in [6.45, 7) is 4.12. The van der Waals surface area contributed by atoms with Crippen LogP contribution in [0.1, 0.15) is 30.7 Å². The topological polar surface area (TPSA) is 29.9 Å². The van der Waals surface area contributed by atoms with Crippen LogP contribution in [0.25, 0.3) is 0 Å². The number of thiophene rings is 1. The molecule has 0 saturated carbocycles. The Morgan fingerprint density at radius 3 is 3.06 bits per heavy atom. The highest BCUT2D eigenvalue weighted by atomic mass is 32.1. The van der Waals surface area contributed by atoms with Gasteiger partial charge < -0.3 is 5.32 Å². The van der Waals surface area contributed by atoms with Crippen LogP contribution in [0.15, 0.2) is 36.0 Å². The molecule has 0 saturated heterocycles. The molecule has 2 aromatic rings. The Kier molecular flexibility index (Phi) is 4.76. The zero-order valence-electron chi connectivity index (χ0n) is 10.2. The van der Waals surface area contributed by atoms with Gasteiger partial charge in [-0.1, -0.05) is 19.4 Å². The summed E-state index contributed by atoms with van der Waals surface area (Å²) in [7, 11) is 0. The van der Waals surface area contributed by atoms with E-state index in [1.165, 1.54) is 17.7 Å². The molecule has 0 spiro atoms. The fourth-order valence-electron chi connectivity index (χ4n) is 1.91. The molecule has 0 aliphatic carbocycles. The summed E-state index contributed by atoms with van der Waals surface area (Å²) < 4.78 is 1.96. The molecule has 1 N–H and O–H groups in total. The molecule has 4 heteroatoms. The third kappa shape index (κ3) is 3.68. The SMILES string of the molecule is CCCC(NCCn1cccn1)c1cccs1. The fourth-order valence-corrected chi connectivity index (χ4v) is 2.75. The number of aromatic nitrogens is 2. The van der Waals surface area contributed by atoms with Crippen molar-refractivity contribution in [1.29, 1.82) is 0 Å². The molecule has 1 atom stereocenters. The van der Waals surface area contributed by atoms with Gasteiger partial charge in [-0.25, -0.2) is 0 Å². The second-order valence-electron chi connectivity index (χ2n) is 4.08. The minimum atomic E-state index is 0.496. The predicted octanol–water partition coefficient (Wildman–Crippen LogP) is 3.08. The summed E-state index contributed by atoms with van der Waals surface area (Å²) in [5.74, 6) is 0. The molecule has 0 amide bonds. The van der Waals surface area contributed by atoms with Crippen LogP contribution < -0.4 is 5.32 Å². The van der Waals surface area contributed by atoms with Crippen LogP contribution in [-0.2, 0) is 6.54 Å². The minimum Gasteiger partial charge on any atom is -0.307 e. The molecule has 2 rings (SSSR count). The molecular weight excluding hydrogens is 230 g/mol. The lowest BCUT2D eigenvalue weighted by molar-refractivity contribution is 0.466. The van der Waals surface area contributed by atoms with Crippen molar-refractivity contribution in [3.05, 3.63) is 40.8 Å². The van der Waals surface area contributed by atoms with Gasteiger partial charge >= 0.3 is 0 Å². The van der Waals surface area contributed by atoms with E-state index in [1.54, 1.807) is 0 Å². The highest BCUT2D eigenvalue weighted by molar-refractivity contribution is 7.10. The zero-order valence-corrected chi connectivity index (χ0v) is 11.0. The first-order chi connectivity index (χ1) is 8.40. The Labute approximate surface area is 106 Å². The molecule has 0 aliphatic rings. The van der Waals surface area contributed by atoms with E-state index >= 15 is 0 Å². The molecular formula is C13H19N3S. The lowest BCUT2D eigenvalue weighted by atomic mass is 10.1. The van der Waals surface area contributed by atoms with Gasteiger partial charge in [0.1, 0.15) is 0 Å². The highest BCUT2D eigenvalue weighted by Gasteiger charge is 2.10. The van der Waals surface area contributed by atoms with Crippen LogP contribution in [0, 0.1) is 0 Å². The van der Waals surface area contributed by atoms with Crippen molar-refractivity contribution >= 4 is 11.3 Å². The number of nitrogens with one attached hydrogen (secondary N) is 1. The molecule has 2 aromatic heterocycles. The van der Waals surface area contributed by atoms with E-state index < -0.39 is 0 Å². The third-order valence-corrected chi connectivity index (χ3v) is 3.74. The molecule has 0 bridgehead atoms. The standard InChI is InChI=1S/C13H19N3S/c1-2-5-12(13-6-3-11-17-13)14-8-10-16-9-4-7-15-16/h3-4,6-7,9,11-12,14H,2,5,8,10H2,1H3. The van der Waals surface area contributed by atoms with Gasteiger partial charge in [-0.05, 0) is 23.9 Å². The molecule has 0 aromatic carbocycles. The first-order valence-corrected chi connectivity index (χ1v) is 7.02. The van der Waals surface area contributed by atoms with Gasteiger partial charge in [-0.3, -0.25) is 4.68 Å². The highest BCUT2D eigenvalue weighted by Crippen LogP contribution is 2.22. The molecule has 0 fully saturated rings. The molecule has 3 nitrogen and oxygen atoms in total. The molecule has 1 unspecified atom stereocenters. The van der Waals surface area contributed by atoms with Crippen LogP contribution >= 0.6 is 11.3 Å². The first kappa shape index (κ1) is 12.3. The second kappa shape index (κ2) is 6.57. The van der Waals surface area contributed by atoms with Crippen LogP contribution in [0.2, 0.25) is 0 Å². The summed E-state index contributed by atoms with van der Waals surface area (Å²) in [6.07, 6.45) is 6.22. The van der Waals surface area contributed by atoms with Crippen molar-refractivity contribution in [2.24, 2.45) is 0 Å². The summed E-state index contributed by atoms with van der Waals surface area (Å²) >= 11 is 1.83. The second-order valence-corrected chi connectivity index (χ2v) is 5.06. The molecule has 0 radical (unpaired) electrons. The van der Waals surface area contributed by atoms with Gasteiger partial charge in [-0.15, -0.1) is 11.3 Å². The van der Waals surface area contributed by atoms with Crippen LogP contribution in [0.4, 0.5) is 0 Å². The maximum absolute atomic E-state index is 4.20. The van der Waals surface area contributed by atoms with Gasteiger partial charge in [0.2, 0.25) is 0 Å². The van der Waals surface area contributed by atoms with Crippen LogP contribution in [-0.4, -0.2) is 16.3 Å². The monoisotopic (exact) mass is 249 g/mol. The summed E-state index contributed by atoms with van der Waals surface area (Å²) in [4.78, 5) is 1.44. The number of hydrogen-bond donors (Lipinski definition) is 1. The zero-order chi connectivity index (χ0) is 11.9. The Hall–Kier alpha value is -1.13.